The third-order valence-electron chi connectivity index (χ3n) is 4.38. The average molecular weight is 341 g/mol. The van der Waals surface area contributed by atoms with Gasteiger partial charge in [-0.1, -0.05) is 44.2 Å². The van der Waals surface area contributed by atoms with Crippen molar-refractivity contribution in [1.29, 1.82) is 0 Å². The van der Waals surface area contributed by atoms with Crippen molar-refractivity contribution < 1.29 is 9.53 Å². The second kappa shape index (κ2) is 7.31. The summed E-state index contributed by atoms with van der Waals surface area (Å²) >= 11 is 1.67. The molecule has 2 atom stereocenters. The molecule has 3 rings (SSSR count). The van der Waals surface area contributed by atoms with E-state index in [1.54, 1.807) is 18.9 Å². The van der Waals surface area contributed by atoms with Crippen LogP contribution < -0.4 is 10.1 Å². The molecular weight excluding hydrogens is 318 g/mol. The number of carbonyl (C=O) groups excluding carboxylic acids is 1. The maximum absolute atomic E-state index is 12.8. The van der Waals surface area contributed by atoms with Gasteiger partial charge in [-0.25, -0.2) is 0 Å². The fraction of sp³-hybridized carbons (Fsp3) is 0.350. The lowest BCUT2D eigenvalue weighted by atomic mass is 9.95. The van der Waals surface area contributed by atoms with Crippen molar-refractivity contribution in [2.45, 2.75) is 36.5 Å². The summed E-state index contributed by atoms with van der Waals surface area (Å²) < 4.78 is 5.22. The van der Waals surface area contributed by atoms with Crippen LogP contribution in [0.3, 0.4) is 0 Å². The van der Waals surface area contributed by atoms with Gasteiger partial charge in [0.25, 0.3) is 0 Å². The van der Waals surface area contributed by atoms with E-state index in [0.717, 1.165) is 17.7 Å². The Kier molecular flexibility index (Phi) is 5.14. The van der Waals surface area contributed by atoms with Gasteiger partial charge in [-0.2, -0.15) is 0 Å². The molecule has 1 heterocycles. The minimum absolute atomic E-state index is 0.00715. The maximum atomic E-state index is 12.8. The first kappa shape index (κ1) is 16.9. The minimum atomic E-state index is -0.0399. The van der Waals surface area contributed by atoms with Gasteiger partial charge in [-0.3, -0.25) is 4.79 Å². The summed E-state index contributed by atoms with van der Waals surface area (Å²) in [5.41, 5.74) is 2.38. The fourth-order valence-corrected chi connectivity index (χ4v) is 4.23. The van der Waals surface area contributed by atoms with E-state index in [-0.39, 0.29) is 17.2 Å². The molecule has 1 aliphatic heterocycles. The number of ether oxygens (including phenoxy) is 1. The maximum Gasteiger partial charge on any atom is 0.234 e. The van der Waals surface area contributed by atoms with Crippen LogP contribution in [0.2, 0.25) is 0 Å². The summed E-state index contributed by atoms with van der Waals surface area (Å²) in [7, 11) is 1.66. The second-order valence-electron chi connectivity index (χ2n) is 6.42. The topological polar surface area (TPSA) is 38.3 Å². The lowest BCUT2D eigenvalue weighted by Crippen LogP contribution is -2.37. The highest BCUT2D eigenvalue weighted by atomic mass is 32.2. The minimum Gasteiger partial charge on any atom is -0.497 e. The van der Waals surface area contributed by atoms with Crippen molar-refractivity contribution in [3.63, 3.8) is 0 Å². The number of amides is 1. The Morgan fingerprint density at radius 1 is 1.17 bits per heavy atom. The molecule has 0 aliphatic carbocycles. The van der Waals surface area contributed by atoms with Gasteiger partial charge in [0.05, 0.1) is 18.4 Å². The molecule has 24 heavy (non-hydrogen) atoms. The molecule has 0 saturated carbocycles. The highest BCUT2D eigenvalue weighted by molar-refractivity contribution is 8.01. The summed E-state index contributed by atoms with van der Waals surface area (Å²) in [6.07, 6.45) is 0.806. The quantitative estimate of drug-likeness (QED) is 0.885. The number of hydrogen-bond donors (Lipinski definition) is 1. The van der Waals surface area contributed by atoms with Crippen LogP contribution in [0.1, 0.15) is 31.0 Å². The summed E-state index contributed by atoms with van der Waals surface area (Å²) in [4.78, 5) is 14.0. The predicted octanol–water partition coefficient (Wildman–Crippen LogP) is 4.23. The van der Waals surface area contributed by atoms with Crippen LogP contribution in [-0.2, 0) is 11.2 Å². The average Bonchev–Trinajstić information content (AvgIpc) is 3.03. The molecule has 0 fully saturated rings. The molecule has 1 amide bonds. The molecule has 126 valence electrons. The van der Waals surface area contributed by atoms with Gasteiger partial charge >= 0.3 is 0 Å². The van der Waals surface area contributed by atoms with Crippen LogP contribution in [0.5, 0.6) is 5.75 Å². The Labute approximate surface area is 147 Å². The van der Waals surface area contributed by atoms with Crippen molar-refractivity contribution >= 4 is 17.7 Å². The number of methoxy groups -OCH3 is 1. The largest absolute Gasteiger partial charge is 0.497 e. The molecule has 0 aromatic heterocycles. The van der Waals surface area contributed by atoms with Crippen molar-refractivity contribution in [1.82, 2.24) is 5.32 Å². The third-order valence-corrected chi connectivity index (χ3v) is 5.70. The summed E-state index contributed by atoms with van der Waals surface area (Å²) in [6.45, 7) is 4.26. The number of nitrogens with one attached hydrogen (secondary N) is 1. The van der Waals surface area contributed by atoms with Crippen LogP contribution in [0.4, 0.5) is 0 Å². The van der Waals surface area contributed by atoms with E-state index in [1.165, 1.54) is 10.5 Å². The monoisotopic (exact) mass is 341 g/mol. The number of rotatable bonds is 5. The van der Waals surface area contributed by atoms with Crippen molar-refractivity contribution in [2.75, 3.05) is 7.11 Å². The smallest absolute Gasteiger partial charge is 0.234 e. The van der Waals surface area contributed by atoms with E-state index in [4.69, 9.17) is 4.74 Å². The highest BCUT2D eigenvalue weighted by Gasteiger charge is 2.30. The van der Waals surface area contributed by atoms with Crippen molar-refractivity contribution in [2.24, 2.45) is 5.92 Å². The molecule has 0 bridgehead atoms. The van der Waals surface area contributed by atoms with Crippen LogP contribution in [-0.4, -0.2) is 18.3 Å². The Bertz CT molecular complexity index is 687. The first-order chi connectivity index (χ1) is 11.6. The summed E-state index contributed by atoms with van der Waals surface area (Å²) in [5.74, 6) is 1.26. The summed E-state index contributed by atoms with van der Waals surface area (Å²) in [5, 5.41) is 3.21. The van der Waals surface area contributed by atoms with Gasteiger partial charge < -0.3 is 10.1 Å². The number of hydrogen-bond acceptors (Lipinski definition) is 3. The molecule has 2 aromatic carbocycles. The highest BCUT2D eigenvalue weighted by Crippen LogP contribution is 2.37. The van der Waals surface area contributed by atoms with Crippen LogP contribution in [0.15, 0.2) is 53.4 Å². The van der Waals surface area contributed by atoms with E-state index < -0.39 is 0 Å². The number of carbonyl (C=O) groups is 1. The fourth-order valence-electron chi connectivity index (χ4n) is 3.02. The second-order valence-corrected chi connectivity index (χ2v) is 7.67. The van der Waals surface area contributed by atoms with E-state index in [2.05, 4.69) is 31.3 Å². The van der Waals surface area contributed by atoms with Gasteiger partial charge in [-0.15, -0.1) is 11.8 Å². The van der Waals surface area contributed by atoms with E-state index in [9.17, 15) is 4.79 Å². The van der Waals surface area contributed by atoms with Crippen LogP contribution >= 0.6 is 11.8 Å². The van der Waals surface area contributed by atoms with Crippen molar-refractivity contribution in [3.8, 4) is 5.75 Å². The number of benzene rings is 2. The first-order valence-electron chi connectivity index (χ1n) is 8.27. The lowest BCUT2D eigenvalue weighted by molar-refractivity contribution is -0.121. The Morgan fingerprint density at radius 2 is 1.88 bits per heavy atom. The zero-order valence-electron chi connectivity index (χ0n) is 14.3. The van der Waals surface area contributed by atoms with Gasteiger partial charge in [-0.05, 0) is 41.7 Å². The molecule has 1 N–H and O–H groups in total. The molecule has 3 nitrogen and oxygen atoms in total. The molecule has 2 unspecified atom stereocenters. The van der Waals surface area contributed by atoms with Gasteiger partial charge in [0.2, 0.25) is 5.91 Å². The molecule has 2 aromatic rings. The molecule has 0 spiro atoms. The van der Waals surface area contributed by atoms with E-state index >= 15 is 0 Å². The normalized spacial score (nSPS) is 17.4. The molecule has 0 radical (unpaired) electrons. The van der Waals surface area contributed by atoms with E-state index in [1.807, 2.05) is 36.4 Å². The van der Waals surface area contributed by atoms with Gasteiger partial charge in [0.1, 0.15) is 5.75 Å². The Hall–Kier alpha value is -1.94. The molecule has 4 heteroatoms. The standard InChI is InChI=1S/C20H23NO2S/c1-13(2)19(14-8-10-16(23-3)11-9-14)21-20(22)18-12-15-6-4-5-7-17(15)24-18/h4-11,13,18-19H,12H2,1-3H3,(H,21,22). The zero-order valence-corrected chi connectivity index (χ0v) is 15.1. The molecule has 1 aliphatic rings. The Morgan fingerprint density at radius 3 is 2.50 bits per heavy atom. The van der Waals surface area contributed by atoms with Gasteiger partial charge in [0, 0.05) is 4.90 Å². The molecule has 0 saturated heterocycles. The zero-order chi connectivity index (χ0) is 17.1. The van der Waals surface area contributed by atoms with Crippen LogP contribution in [0, 0.1) is 5.92 Å². The predicted molar refractivity (Wildman–Crippen MR) is 98.5 cm³/mol. The van der Waals surface area contributed by atoms with Crippen molar-refractivity contribution in [3.05, 3.63) is 59.7 Å². The SMILES string of the molecule is COc1ccc(C(NC(=O)C2Cc3ccccc3S2)C(C)C)cc1. The van der Waals surface area contributed by atoms with E-state index in [0.29, 0.717) is 5.92 Å². The Balaban J connectivity index is 1.71. The van der Waals surface area contributed by atoms with Crippen LogP contribution in [0.25, 0.3) is 0 Å². The third kappa shape index (κ3) is 3.59. The van der Waals surface area contributed by atoms with Gasteiger partial charge in [0.15, 0.2) is 0 Å². The number of fused-ring (bicyclic) bond motifs is 1. The number of thioether (sulfide) groups is 1. The summed E-state index contributed by atoms with van der Waals surface area (Å²) in [6, 6.07) is 16.2. The molecular formula is C20H23NO2S. The lowest BCUT2D eigenvalue weighted by Gasteiger charge is -2.24. The first-order valence-corrected chi connectivity index (χ1v) is 9.15.